The van der Waals surface area contributed by atoms with E-state index in [9.17, 15) is 4.79 Å². The first-order chi connectivity index (χ1) is 7.77. The van der Waals surface area contributed by atoms with Crippen molar-refractivity contribution in [2.75, 3.05) is 0 Å². The number of rotatable bonds is 1. The molecule has 4 heteroatoms. The Labute approximate surface area is 95.7 Å². The van der Waals surface area contributed by atoms with Gasteiger partial charge in [0.2, 0.25) is 5.71 Å². The first kappa shape index (κ1) is 14.3. The number of carbonyl (C=O) groups excluding carboxylic acids is 1. The molecule has 0 aliphatic heterocycles. The molecule has 4 nitrogen and oxygen atoms in total. The largest absolute Gasteiger partial charge is 0.433 e. The molecule has 2 aromatic rings. The molecule has 0 spiro atoms. The van der Waals surface area contributed by atoms with Crippen LogP contribution in [0.15, 0.2) is 22.9 Å². The summed E-state index contributed by atoms with van der Waals surface area (Å²) in [5, 5.41) is 0. The van der Waals surface area contributed by atoms with Crippen LogP contribution in [0, 0.1) is 0 Å². The number of Topliss-reactive ketones (excluding diaryl/α,β-unsaturated/α-hetero) is 1. The van der Waals surface area contributed by atoms with Gasteiger partial charge in [-0.25, -0.2) is 9.97 Å². The van der Waals surface area contributed by atoms with Crippen LogP contribution in [0.5, 0.6) is 0 Å². The summed E-state index contributed by atoms with van der Waals surface area (Å²) < 4.78 is 5.11. The molecule has 2 heterocycles. The molecule has 16 heavy (non-hydrogen) atoms. The SMILES string of the molecule is CC.CC.CC(=O)c1cc2nccnc2o1. The molecule has 0 aromatic carbocycles. The maximum absolute atomic E-state index is 10.9. The number of ketones is 1. The highest BCUT2D eigenvalue weighted by molar-refractivity contribution is 5.94. The molecular weight excluding hydrogens is 204 g/mol. The molecule has 0 radical (unpaired) electrons. The Morgan fingerprint density at radius 3 is 2.19 bits per heavy atom. The summed E-state index contributed by atoms with van der Waals surface area (Å²) in [7, 11) is 0. The number of aromatic nitrogens is 2. The zero-order valence-corrected chi connectivity index (χ0v) is 10.4. The Morgan fingerprint density at radius 1 is 1.12 bits per heavy atom. The van der Waals surface area contributed by atoms with Gasteiger partial charge in [-0.3, -0.25) is 4.79 Å². The van der Waals surface area contributed by atoms with E-state index < -0.39 is 0 Å². The quantitative estimate of drug-likeness (QED) is 0.693. The summed E-state index contributed by atoms with van der Waals surface area (Å²) in [5.41, 5.74) is 1.02. The van der Waals surface area contributed by atoms with E-state index in [1.165, 1.54) is 13.1 Å². The Bertz CT molecular complexity index is 402. The highest BCUT2D eigenvalue weighted by atomic mass is 16.4. The molecule has 88 valence electrons. The third-order valence-corrected chi connectivity index (χ3v) is 1.51. The average molecular weight is 222 g/mol. The van der Waals surface area contributed by atoms with Crippen molar-refractivity contribution in [3.05, 3.63) is 24.2 Å². The van der Waals surface area contributed by atoms with Gasteiger partial charge in [-0.2, -0.15) is 0 Å². The zero-order valence-electron chi connectivity index (χ0n) is 10.4. The van der Waals surface area contributed by atoms with E-state index in [1.54, 1.807) is 12.3 Å². The van der Waals surface area contributed by atoms with Gasteiger partial charge in [-0.1, -0.05) is 27.7 Å². The van der Waals surface area contributed by atoms with Crippen LogP contribution in [0.1, 0.15) is 45.2 Å². The van der Waals surface area contributed by atoms with Crippen LogP contribution in [0.4, 0.5) is 0 Å². The molecule has 0 N–H and O–H groups in total. The highest BCUT2D eigenvalue weighted by Crippen LogP contribution is 2.13. The van der Waals surface area contributed by atoms with Crippen molar-refractivity contribution in [3.63, 3.8) is 0 Å². The van der Waals surface area contributed by atoms with Crippen molar-refractivity contribution in [1.29, 1.82) is 0 Å². The summed E-state index contributed by atoms with van der Waals surface area (Å²) in [6.45, 7) is 9.44. The highest BCUT2D eigenvalue weighted by Gasteiger charge is 2.07. The maximum atomic E-state index is 10.9. The second kappa shape index (κ2) is 7.56. The molecule has 0 fully saturated rings. The van der Waals surface area contributed by atoms with E-state index in [2.05, 4.69) is 9.97 Å². The lowest BCUT2D eigenvalue weighted by molar-refractivity contribution is 0.0989. The predicted octanol–water partition coefficient (Wildman–Crippen LogP) is 3.48. The number of carbonyl (C=O) groups is 1. The van der Waals surface area contributed by atoms with Crippen molar-refractivity contribution >= 4 is 17.0 Å². The Balaban J connectivity index is 0.000000509. The summed E-state index contributed by atoms with van der Waals surface area (Å²) in [4.78, 5) is 18.7. The molecule has 2 aromatic heterocycles. The van der Waals surface area contributed by atoms with Crippen LogP contribution in [-0.2, 0) is 0 Å². The summed E-state index contributed by atoms with van der Waals surface area (Å²) in [6, 6.07) is 1.59. The summed E-state index contributed by atoms with van der Waals surface area (Å²) in [6.07, 6.45) is 3.08. The second-order valence-corrected chi connectivity index (χ2v) is 2.41. The number of nitrogens with zero attached hydrogens (tertiary/aromatic N) is 2. The first-order valence-corrected chi connectivity index (χ1v) is 5.49. The Kier molecular flexibility index (Phi) is 6.76. The molecule has 0 amide bonds. The zero-order chi connectivity index (χ0) is 12.6. The van der Waals surface area contributed by atoms with Crippen molar-refractivity contribution in [2.24, 2.45) is 0 Å². The van der Waals surface area contributed by atoms with E-state index in [0.717, 1.165) is 0 Å². The minimum absolute atomic E-state index is 0.116. The molecule has 0 aliphatic rings. The van der Waals surface area contributed by atoms with E-state index >= 15 is 0 Å². The number of hydrogen-bond acceptors (Lipinski definition) is 4. The molecule has 2 rings (SSSR count). The molecule has 0 saturated heterocycles. The van der Waals surface area contributed by atoms with E-state index in [4.69, 9.17) is 4.42 Å². The fourth-order valence-corrected chi connectivity index (χ4v) is 0.945. The fraction of sp³-hybridized carbons (Fsp3) is 0.417. The van der Waals surface area contributed by atoms with Gasteiger partial charge in [0.1, 0.15) is 5.52 Å². The van der Waals surface area contributed by atoms with Crippen molar-refractivity contribution in [3.8, 4) is 0 Å². The monoisotopic (exact) mass is 222 g/mol. The van der Waals surface area contributed by atoms with Crippen LogP contribution in [0.25, 0.3) is 11.2 Å². The number of fused-ring (bicyclic) bond motifs is 1. The number of hydrogen-bond donors (Lipinski definition) is 0. The molecular formula is C12H18N2O2. The third-order valence-electron chi connectivity index (χ3n) is 1.51. The summed E-state index contributed by atoms with van der Waals surface area (Å²) in [5.74, 6) is 0.186. The van der Waals surface area contributed by atoms with Gasteiger partial charge in [-0.05, 0) is 0 Å². The Morgan fingerprint density at radius 2 is 1.69 bits per heavy atom. The van der Waals surface area contributed by atoms with Gasteiger partial charge in [0.25, 0.3) is 0 Å². The third kappa shape index (κ3) is 3.46. The average Bonchev–Trinajstić information content (AvgIpc) is 2.78. The van der Waals surface area contributed by atoms with Crippen LogP contribution >= 0.6 is 0 Å². The van der Waals surface area contributed by atoms with E-state index in [0.29, 0.717) is 17.0 Å². The lowest BCUT2D eigenvalue weighted by Crippen LogP contribution is -1.85. The van der Waals surface area contributed by atoms with Gasteiger partial charge < -0.3 is 4.42 Å². The van der Waals surface area contributed by atoms with Gasteiger partial charge in [-0.15, -0.1) is 0 Å². The minimum Gasteiger partial charge on any atom is -0.433 e. The standard InChI is InChI=1S/C8H6N2O2.2C2H6/c1-5(11)7-4-6-8(12-7)10-3-2-9-6;2*1-2/h2-4H,1H3;2*1-2H3. The maximum Gasteiger partial charge on any atom is 0.245 e. The van der Waals surface area contributed by atoms with Crippen molar-refractivity contribution in [1.82, 2.24) is 9.97 Å². The second-order valence-electron chi connectivity index (χ2n) is 2.41. The molecule has 0 aliphatic carbocycles. The Hall–Kier alpha value is -1.71. The van der Waals surface area contributed by atoms with Gasteiger partial charge >= 0.3 is 0 Å². The van der Waals surface area contributed by atoms with Crippen LogP contribution in [0.2, 0.25) is 0 Å². The summed E-state index contributed by atoms with van der Waals surface area (Å²) >= 11 is 0. The van der Waals surface area contributed by atoms with Crippen LogP contribution in [-0.4, -0.2) is 15.8 Å². The molecule has 0 bridgehead atoms. The van der Waals surface area contributed by atoms with Crippen LogP contribution < -0.4 is 0 Å². The lowest BCUT2D eigenvalue weighted by Gasteiger charge is -1.82. The van der Waals surface area contributed by atoms with E-state index in [-0.39, 0.29) is 5.78 Å². The van der Waals surface area contributed by atoms with E-state index in [1.807, 2.05) is 27.7 Å². The predicted molar refractivity (Wildman–Crippen MR) is 64.5 cm³/mol. The molecule has 0 atom stereocenters. The molecule has 0 unspecified atom stereocenters. The normalized spacial score (nSPS) is 8.56. The smallest absolute Gasteiger partial charge is 0.245 e. The topological polar surface area (TPSA) is 56.0 Å². The first-order valence-electron chi connectivity index (χ1n) is 5.49. The van der Waals surface area contributed by atoms with Crippen LogP contribution in [0.3, 0.4) is 0 Å². The van der Waals surface area contributed by atoms with Crippen molar-refractivity contribution < 1.29 is 9.21 Å². The van der Waals surface area contributed by atoms with Crippen molar-refractivity contribution in [2.45, 2.75) is 34.6 Å². The minimum atomic E-state index is -0.116. The van der Waals surface area contributed by atoms with Gasteiger partial charge in [0, 0.05) is 25.4 Å². The van der Waals surface area contributed by atoms with Gasteiger partial charge in [0.15, 0.2) is 11.5 Å². The molecule has 0 saturated carbocycles. The number of furan rings is 1. The fourth-order valence-electron chi connectivity index (χ4n) is 0.945. The lowest BCUT2D eigenvalue weighted by atomic mass is 10.3. The van der Waals surface area contributed by atoms with Gasteiger partial charge in [0.05, 0.1) is 0 Å².